The van der Waals surface area contributed by atoms with Crippen LogP contribution in [-0.4, -0.2) is 60.6 Å². The van der Waals surface area contributed by atoms with Crippen LogP contribution < -0.4 is 11.3 Å². The number of rotatable bonds is 3. The zero-order valence-corrected chi connectivity index (χ0v) is 13.9. The maximum absolute atomic E-state index is 11.9. The number of carbonyl (C=O) groups is 1. The lowest BCUT2D eigenvalue weighted by Gasteiger charge is -2.21. The van der Waals surface area contributed by atoms with Crippen LogP contribution in [0.4, 0.5) is 5.95 Å². The number of aromatic nitrogens is 4. The van der Waals surface area contributed by atoms with Crippen molar-refractivity contribution in [2.45, 2.75) is 31.5 Å². The summed E-state index contributed by atoms with van der Waals surface area (Å²) in [4.78, 5) is 33.6. The molecule has 3 rings (SSSR count). The molecule has 3 heterocycles. The highest BCUT2D eigenvalue weighted by atomic mass is 79.9. The first kappa shape index (κ1) is 16.8. The summed E-state index contributed by atoms with van der Waals surface area (Å²) >= 11 is 3.19. The standard InChI is InChI=1S/C12H14BrN5O6/c1-3(20)23-7-6(21)4(2-19)24-10(7)18-8-5(15-11(18)13)9(22)17-12(14)16-8/h4,6-7,10,19,21H,2H2,1H3,(H3,14,16,17,22)/t4-,6-,7-,10-/m1/s1. The number of nitrogens with zero attached hydrogens (tertiary/aromatic N) is 3. The van der Waals surface area contributed by atoms with Gasteiger partial charge in [0.25, 0.3) is 5.56 Å². The van der Waals surface area contributed by atoms with E-state index in [0.29, 0.717) is 0 Å². The average molecular weight is 404 g/mol. The molecule has 1 aliphatic rings. The van der Waals surface area contributed by atoms with E-state index >= 15 is 0 Å². The fourth-order valence-electron chi connectivity index (χ4n) is 2.60. The molecule has 1 saturated heterocycles. The zero-order chi connectivity index (χ0) is 17.6. The van der Waals surface area contributed by atoms with Crippen molar-refractivity contribution in [1.82, 2.24) is 19.5 Å². The van der Waals surface area contributed by atoms with Gasteiger partial charge in [-0.3, -0.25) is 19.1 Å². The van der Waals surface area contributed by atoms with Gasteiger partial charge in [-0.1, -0.05) is 0 Å². The number of nitrogen functional groups attached to an aromatic ring is 1. The van der Waals surface area contributed by atoms with Gasteiger partial charge in [0.15, 0.2) is 28.2 Å². The average Bonchev–Trinajstić information content (AvgIpc) is 2.97. The fourth-order valence-corrected chi connectivity index (χ4v) is 3.14. The molecule has 0 aromatic carbocycles. The number of ether oxygens (including phenoxy) is 2. The van der Waals surface area contributed by atoms with E-state index in [9.17, 15) is 19.8 Å². The Balaban J connectivity index is 2.15. The van der Waals surface area contributed by atoms with Crippen molar-refractivity contribution in [3.05, 3.63) is 15.1 Å². The first-order valence-electron chi connectivity index (χ1n) is 6.88. The van der Waals surface area contributed by atoms with Gasteiger partial charge in [0.1, 0.15) is 12.2 Å². The van der Waals surface area contributed by atoms with Crippen LogP contribution in [0.3, 0.4) is 0 Å². The quantitative estimate of drug-likeness (QED) is 0.357. The van der Waals surface area contributed by atoms with E-state index in [4.69, 9.17) is 15.2 Å². The zero-order valence-electron chi connectivity index (χ0n) is 12.3. The second-order valence-corrected chi connectivity index (χ2v) is 5.90. The Morgan fingerprint density at radius 3 is 2.88 bits per heavy atom. The van der Waals surface area contributed by atoms with Crippen LogP contribution in [0.2, 0.25) is 0 Å². The Morgan fingerprint density at radius 1 is 1.54 bits per heavy atom. The molecule has 4 atom stereocenters. The molecule has 0 radical (unpaired) electrons. The lowest BCUT2D eigenvalue weighted by atomic mass is 10.1. The molecule has 0 saturated carbocycles. The summed E-state index contributed by atoms with van der Waals surface area (Å²) < 4.78 is 12.2. The number of esters is 1. The highest BCUT2D eigenvalue weighted by Crippen LogP contribution is 2.35. The van der Waals surface area contributed by atoms with Crippen molar-refractivity contribution < 1.29 is 24.5 Å². The maximum atomic E-state index is 11.9. The number of nitrogens with one attached hydrogen (secondary N) is 1. The van der Waals surface area contributed by atoms with Crippen LogP contribution in [0.5, 0.6) is 0 Å². The van der Waals surface area contributed by atoms with E-state index in [1.165, 1.54) is 11.5 Å². The number of anilines is 1. The molecule has 24 heavy (non-hydrogen) atoms. The molecular weight excluding hydrogens is 390 g/mol. The largest absolute Gasteiger partial charge is 0.455 e. The molecule has 0 unspecified atom stereocenters. The molecular formula is C12H14BrN5O6. The number of aliphatic hydroxyl groups excluding tert-OH is 2. The van der Waals surface area contributed by atoms with Gasteiger partial charge in [0.05, 0.1) is 6.61 Å². The molecule has 1 fully saturated rings. The number of imidazole rings is 1. The van der Waals surface area contributed by atoms with Crippen LogP contribution in [0.25, 0.3) is 11.2 Å². The summed E-state index contributed by atoms with van der Waals surface area (Å²) in [5, 5.41) is 19.5. The van der Waals surface area contributed by atoms with E-state index in [-0.39, 0.29) is 21.8 Å². The predicted molar refractivity (Wildman–Crippen MR) is 82.8 cm³/mol. The van der Waals surface area contributed by atoms with E-state index in [0.717, 1.165) is 0 Å². The molecule has 12 heteroatoms. The second-order valence-electron chi connectivity index (χ2n) is 5.19. The molecule has 2 aromatic rings. The summed E-state index contributed by atoms with van der Waals surface area (Å²) in [6.07, 6.45) is -4.44. The third-order valence-electron chi connectivity index (χ3n) is 3.58. The smallest absolute Gasteiger partial charge is 0.303 e. The Hall–Kier alpha value is -2.02. The predicted octanol–water partition coefficient (Wildman–Crippen LogP) is -1.35. The number of aromatic amines is 1. The topological polar surface area (TPSA) is 166 Å². The van der Waals surface area contributed by atoms with Crippen LogP contribution in [0, 0.1) is 0 Å². The molecule has 5 N–H and O–H groups in total. The minimum Gasteiger partial charge on any atom is -0.455 e. The number of carbonyl (C=O) groups excluding carboxylic acids is 1. The molecule has 0 bridgehead atoms. The van der Waals surface area contributed by atoms with Gasteiger partial charge in [0.2, 0.25) is 5.95 Å². The number of halogens is 1. The van der Waals surface area contributed by atoms with Crippen LogP contribution in [-0.2, 0) is 14.3 Å². The molecule has 11 nitrogen and oxygen atoms in total. The van der Waals surface area contributed by atoms with E-state index < -0.39 is 42.7 Å². The van der Waals surface area contributed by atoms with Gasteiger partial charge >= 0.3 is 5.97 Å². The first-order valence-corrected chi connectivity index (χ1v) is 7.67. The van der Waals surface area contributed by atoms with Gasteiger partial charge < -0.3 is 25.4 Å². The number of hydrogen-bond acceptors (Lipinski definition) is 9. The van der Waals surface area contributed by atoms with Crippen molar-refractivity contribution in [3.63, 3.8) is 0 Å². The summed E-state index contributed by atoms with van der Waals surface area (Å²) in [7, 11) is 0. The van der Waals surface area contributed by atoms with Crippen molar-refractivity contribution in [2.24, 2.45) is 0 Å². The number of fused-ring (bicyclic) bond motifs is 1. The molecule has 130 valence electrons. The number of nitrogens with two attached hydrogens (primary N) is 1. The Morgan fingerprint density at radius 2 is 2.25 bits per heavy atom. The summed E-state index contributed by atoms with van der Waals surface area (Å²) in [6.45, 7) is 0.688. The van der Waals surface area contributed by atoms with Gasteiger partial charge in [-0.25, -0.2) is 4.98 Å². The SMILES string of the molecule is CC(=O)O[C@@H]1[C@H](O)[C@@H](CO)O[C@H]1n1c(Br)nc2c(=O)[nH]c(N)nc21. The number of hydrogen-bond donors (Lipinski definition) is 4. The number of aliphatic hydroxyl groups is 2. The van der Waals surface area contributed by atoms with Crippen molar-refractivity contribution in [1.29, 1.82) is 0 Å². The van der Waals surface area contributed by atoms with E-state index in [1.54, 1.807) is 0 Å². The number of H-pyrrole nitrogens is 1. The Bertz CT molecular complexity index is 850. The molecule has 0 amide bonds. The highest BCUT2D eigenvalue weighted by Gasteiger charge is 2.48. The molecule has 2 aromatic heterocycles. The minimum absolute atomic E-state index is 0.0109. The summed E-state index contributed by atoms with van der Waals surface area (Å²) in [5.74, 6) is -0.778. The van der Waals surface area contributed by atoms with Crippen LogP contribution >= 0.6 is 15.9 Å². The summed E-state index contributed by atoms with van der Waals surface area (Å²) in [5.41, 5.74) is 5.07. The maximum Gasteiger partial charge on any atom is 0.303 e. The first-order chi connectivity index (χ1) is 11.3. The van der Waals surface area contributed by atoms with Crippen LogP contribution in [0.15, 0.2) is 9.53 Å². The Labute approximate surface area is 142 Å². The van der Waals surface area contributed by atoms with Gasteiger partial charge in [-0.2, -0.15) is 4.98 Å². The Kier molecular flexibility index (Phi) is 4.29. The van der Waals surface area contributed by atoms with E-state index in [2.05, 4.69) is 30.9 Å². The van der Waals surface area contributed by atoms with Crippen molar-refractivity contribution in [2.75, 3.05) is 12.3 Å². The minimum atomic E-state index is -1.27. The normalized spacial score (nSPS) is 26.8. The van der Waals surface area contributed by atoms with Crippen molar-refractivity contribution in [3.8, 4) is 0 Å². The third kappa shape index (κ3) is 2.66. The van der Waals surface area contributed by atoms with E-state index in [1.807, 2.05) is 0 Å². The van der Waals surface area contributed by atoms with Crippen LogP contribution in [0.1, 0.15) is 13.2 Å². The van der Waals surface area contributed by atoms with Gasteiger partial charge in [-0.15, -0.1) is 0 Å². The summed E-state index contributed by atoms with van der Waals surface area (Å²) in [6, 6.07) is 0. The monoisotopic (exact) mass is 403 g/mol. The fraction of sp³-hybridized carbons (Fsp3) is 0.500. The third-order valence-corrected chi connectivity index (χ3v) is 4.13. The molecule has 0 spiro atoms. The molecule has 0 aliphatic carbocycles. The van der Waals surface area contributed by atoms with Crippen molar-refractivity contribution >= 4 is 39.0 Å². The lowest BCUT2D eigenvalue weighted by molar-refractivity contribution is -0.155. The van der Waals surface area contributed by atoms with Gasteiger partial charge in [0, 0.05) is 6.92 Å². The lowest BCUT2D eigenvalue weighted by Crippen LogP contribution is -2.36. The second kappa shape index (κ2) is 6.12. The highest BCUT2D eigenvalue weighted by molar-refractivity contribution is 9.10. The molecule has 1 aliphatic heterocycles. The van der Waals surface area contributed by atoms with Gasteiger partial charge in [-0.05, 0) is 15.9 Å².